The predicted molar refractivity (Wildman–Crippen MR) is 79.8 cm³/mol. The predicted octanol–water partition coefficient (Wildman–Crippen LogP) is 3.99. The zero-order valence-corrected chi connectivity index (χ0v) is 11.4. The Balaban J connectivity index is 2.32. The second-order valence-electron chi connectivity index (χ2n) is 3.96. The van der Waals surface area contributed by atoms with Gasteiger partial charge in [0, 0.05) is 22.3 Å². The average molecular weight is 275 g/mol. The van der Waals surface area contributed by atoms with Gasteiger partial charge in [0.2, 0.25) is 0 Å². The summed E-state index contributed by atoms with van der Waals surface area (Å²) in [5.41, 5.74) is 8.70. The van der Waals surface area contributed by atoms with Crippen LogP contribution in [0.1, 0.15) is 12.5 Å². The number of hydrogen-bond donors (Lipinski definition) is 1. The number of ether oxygens (including phenoxy) is 1. The van der Waals surface area contributed by atoms with Crippen LogP contribution in [0.5, 0.6) is 0 Å². The third-order valence-electron chi connectivity index (χ3n) is 2.64. The molecule has 0 unspecified atom stereocenters. The highest BCUT2D eigenvalue weighted by Crippen LogP contribution is 2.24. The zero-order valence-electron chi connectivity index (χ0n) is 10.6. The van der Waals surface area contributed by atoms with Gasteiger partial charge in [0.1, 0.15) is 5.82 Å². The number of halogens is 1. The van der Waals surface area contributed by atoms with Crippen molar-refractivity contribution in [1.29, 1.82) is 0 Å². The molecule has 0 spiro atoms. The van der Waals surface area contributed by atoms with Crippen LogP contribution in [-0.2, 0) is 4.74 Å². The number of aromatic nitrogens is 1. The van der Waals surface area contributed by atoms with Crippen molar-refractivity contribution in [3.8, 4) is 11.1 Å². The molecule has 2 N–H and O–H groups in total. The number of nitrogens with two attached hydrogens (primary N) is 1. The van der Waals surface area contributed by atoms with E-state index in [1.165, 1.54) is 0 Å². The van der Waals surface area contributed by atoms with Crippen LogP contribution in [0.25, 0.3) is 17.2 Å². The van der Waals surface area contributed by atoms with Crippen molar-refractivity contribution in [2.75, 3.05) is 12.3 Å². The van der Waals surface area contributed by atoms with E-state index in [1.807, 2.05) is 43.3 Å². The van der Waals surface area contributed by atoms with E-state index in [-0.39, 0.29) is 0 Å². The van der Waals surface area contributed by atoms with Crippen LogP contribution in [0.15, 0.2) is 42.8 Å². The first kappa shape index (κ1) is 13.4. The van der Waals surface area contributed by atoms with E-state index in [1.54, 1.807) is 12.5 Å². The molecule has 0 aliphatic heterocycles. The van der Waals surface area contributed by atoms with Crippen molar-refractivity contribution in [1.82, 2.24) is 4.98 Å². The molecule has 2 rings (SSSR count). The van der Waals surface area contributed by atoms with Gasteiger partial charge in [-0.3, -0.25) is 0 Å². The summed E-state index contributed by atoms with van der Waals surface area (Å²) in [6.45, 7) is 2.55. The summed E-state index contributed by atoms with van der Waals surface area (Å²) in [7, 11) is 0. The molecule has 0 amide bonds. The van der Waals surface area contributed by atoms with Crippen molar-refractivity contribution >= 4 is 23.5 Å². The molecule has 0 aliphatic rings. The second-order valence-corrected chi connectivity index (χ2v) is 4.40. The maximum Gasteiger partial charge on any atom is 0.130 e. The molecule has 0 saturated carbocycles. The molecule has 2 aromatic rings. The Morgan fingerprint density at radius 2 is 2.00 bits per heavy atom. The summed E-state index contributed by atoms with van der Waals surface area (Å²) in [5.74, 6) is 0.480. The number of hydrogen-bond acceptors (Lipinski definition) is 3. The minimum absolute atomic E-state index is 0.480. The SMILES string of the molecule is CCOC=Cc1cc(-c2ccc(Cl)cc2)cnc1N. The average Bonchev–Trinajstić information content (AvgIpc) is 2.42. The fourth-order valence-electron chi connectivity index (χ4n) is 1.64. The molecule has 0 saturated heterocycles. The molecule has 3 nitrogen and oxygen atoms in total. The number of rotatable bonds is 4. The lowest BCUT2D eigenvalue weighted by Crippen LogP contribution is -1.94. The normalized spacial score (nSPS) is 10.8. The first-order valence-electron chi connectivity index (χ1n) is 6.00. The minimum atomic E-state index is 0.480. The lowest BCUT2D eigenvalue weighted by Gasteiger charge is -2.05. The monoisotopic (exact) mass is 274 g/mol. The van der Waals surface area contributed by atoms with E-state index in [2.05, 4.69) is 4.98 Å². The van der Waals surface area contributed by atoms with Gasteiger partial charge in [-0.1, -0.05) is 23.7 Å². The van der Waals surface area contributed by atoms with Gasteiger partial charge in [-0.15, -0.1) is 0 Å². The molecule has 19 heavy (non-hydrogen) atoms. The van der Waals surface area contributed by atoms with E-state index in [0.717, 1.165) is 16.7 Å². The second kappa shape index (κ2) is 6.25. The summed E-state index contributed by atoms with van der Waals surface area (Å²) in [6, 6.07) is 9.57. The third kappa shape index (κ3) is 3.48. The highest BCUT2D eigenvalue weighted by molar-refractivity contribution is 6.30. The summed E-state index contributed by atoms with van der Waals surface area (Å²) in [6.07, 6.45) is 5.18. The van der Waals surface area contributed by atoms with Crippen LogP contribution in [-0.4, -0.2) is 11.6 Å². The van der Waals surface area contributed by atoms with E-state index < -0.39 is 0 Å². The summed E-state index contributed by atoms with van der Waals surface area (Å²) in [4.78, 5) is 4.19. The first-order valence-corrected chi connectivity index (χ1v) is 6.38. The Morgan fingerprint density at radius 3 is 2.68 bits per heavy atom. The van der Waals surface area contributed by atoms with Gasteiger partial charge >= 0.3 is 0 Å². The maximum atomic E-state index is 5.88. The Bertz CT molecular complexity index is 579. The number of anilines is 1. The largest absolute Gasteiger partial charge is 0.501 e. The lowest BCUT2D eigenvalue weighted by molar-refractivity contribution is 0.272. The van der Waals surface area contributed by atoms with Crippen LogP contribution in [0, 0.1) is 0 Å². The fourth-order valence-corrected chi connectivity index (χ4v) is 1.77. The molecule has 98 valence electrons. The smallest absolute Gasteiger partial charge is 0.130 e. The summed E-state index contributed by atoms with van der Waals surface area (Å²) >= 11 is 5.88. The Morgan fingerprint density at radius 1 is 1.26 bits per heavy atom. The molecule has 0 aliphatic carbocycles. The number of nitrogen functional groups attached to an aromatic ring is 1. The number of nitrogens with zero attached hydrogens (tertiary/aromatic N) is 1. The van der Waals surface area contributed by atoms with Crippen LogP contribution in [0.4, 0.5) is 5.82 Å². The van der Waals surface area contributed by atoms with Crippen LogP contribution in [0.2, 0.25) is 5.02 Å². The lowest BCUT2D eigenvalue weighted by atomic mass is 10.1. The maximum absolute atomic E-state index is 5.88. The van der Waals surface area contributed by atoms with Gasteiger partial charge in [-0.2, -0.15) is 0 Å². The number of pyridine rings is 1. The Hall–Kier alpha value is -2.00. The molecule has 1 aromatic carbocycles. The van der Waals surface area contributed by atoms with Crippen molar-refractivity contribution < 1.29 is 4.74 Å². The number of benzene rings is 1. The van der Waals surface area contributed by atoms with Gasteiger partial charge in [0.25, 0.3) is 0 Å². The molecule has 0 bridgehead atoms. The van der Waals surface area contributed by atoms with E-state index in [0.29, 0.717) is 17.4 Å². The fraction of sp³-hybridized carbons (Fsp3) is 0.133. The molecule has 0 atom stereocenters. The van der Waals surface area contributed by atoms with Crippen LogP contribution >= 0.6 is 11.6 Å². The Labute approximate surface area is 117 Å². The van der Waals surface area contributed by atoms with E-state index >= 15 is 0 Å². The van der Waals surface area contributed by atoms with Crippen LogP contribution in [0.3, 0.4) is 0 Å². The van der Waals surface area contributed by atoms with Crippen LogP contribution < -0.4 is 5.73 Å². The quantitative estimate of drug-likeness (QED) is 0.858. The van der Waals surface area contributed by atoms with Gasteiger partial charge < -0.3 is 10.5 Å². The van der Waals surface area contributed by atoms with Crippen molar-refractivity contribution in [3.05, 3.63) is 53.4 Å². The van der Waals surface area contributed by atoms with Crippen molar-refractivity contribution in [2.24, 2.45) is 0 Å². The molecule has 0 fully saturated rings. The highest BCUT2D eigenvalue weighted by atomic mass is 35.5. The third-order valence-corrected chi connectivity index (χ3v) is 2.89. The standard InChI is InChI=1S/C15H15ClN2O/c1-2-19-8-7-12-9-13(10-18-15(12)17)11-3-5-14(16)6-4-11/h3-10H,2H2,1H3,(H2,17,18). The van der Waals surface area contributed by atoms with E-state index in [9.17, 15) is 0 Å². The molecule has 1 aromatic heterocycles. The van der Waals surface area contributed by atoms with Crippen molar-refractivity contribution in [2.45, 2.75) is 6.92 Å². The highest BCUT2D eigenvalue weighted by Gasteiger charge is 2.02. The molecular weight excluding hydrogens is 260 g/mol. The zero-order chi connectivity index (χ0) is 13.7. The van der Waals surface area contributed by atoms with Crippen molar-refractivity contribution in [3.63, 3.8) is 0 Å². The molecule has 0 radical (unpaired) electrons. The Kier molecular flexibility index (Phi) is 4.42. The molecule has 1 heterocycles. The summed E-state index contributed by atoms with van der Waals surface area (Å²) < 4.78 is 5.17. The van der Waals surface area contributed by atoms with Gasteiger partial charge in [-0.05, 0) is 36.8 Å². The molecular formula is C15H15ClN2O. The summed E-state index contributed by atoms with van der Waals surface area (Å²) in [5, 5.41) is 0.712. The first-order chi connectivity index (χ1) is 9.20. The van der Waals surface area contributed by atoms with E-state index in [4.69, 9.17) is 22.1 Å². The topological polar surface area (TPSA) is 48.1 Å². The van der Waals surface area contributed by atoms with Gasteiger partial charge in [0.15, 0.2) is 0 Å². The minimum Gasteiger partial charge on any atom is -0.501 e. The molecule has 4 heteroatoms. The van der Waals surface area contributed by atoms with Gasteiger partial charge in [-0.25, -0.2) is 4.98 Å². The van der Waals surface area contributed by atoms with Gasteiger partial charge in [0.05, 0.1) is 12.9 Å².